The summed E-state index contributed by atoms with van der Waals surface area (Å²) in [5.41, 5.74) is 0.0669. The average molecular weight is 475 g/mol. The van der Waals surface area contributed by atoms with Gasteiger partial charge in [0.2, 0.25) is 5.95 Å². The molecule has 2 N–H and O–H groups in total. The van der Waals surface area contributed by atoms with E-state index in [2.05, 4.69) is 20.6 Å². The van der Waals surface area contributed by atoms with Gasteiger partial charge in [-0.1, -0.05) is 19.9 Å². The van der Waals surface area contributed by atoms with Crippen molar-refractivity contribution in [2.24, 2.45) is 0 Å². The molecule has 0 fully saturated rings. The van der Waals surface area contributed by atoms with Gasteiger partial charge in [-0.25, -0.2) is 4.98 Å². The van der Waals surface area contributed by atoms with E-state index in [1.807, 2.05) is 27.7 Å². The van der Waals surface area contributed by atoms with Crippen molar-refractivity contribution in [3.05, 3.63) is 60.3 Å². The van der Waals surface area contributed by atoms with Crippen LogP contribution in [-0.2, 0) is 6.18 Å². The summed E-state index contributed by atoms with van der Waals surface area (Å²) in [4.78, 5) is 7.95. The zero-order chi connectivity index (χ0) is 24.7. The summed E-state index contributed by atoms with van der Waals surface area (Å²) >= 11 is 0. The molecule has 0 aliphatic heterocycles. The predicted octanol–water partition coefficient (Wildman–Crippen LogP) is 7.34. The normalized spacial score (nSPS) is 13.1. The molecule has 182 valence electrons. The lowest BCUT2D eigenvalue weighted by Crippen LogP contribution is -2.13. The van der Waals surface area contributed by atoms with Gasteiger partial charge in [0.1, 0.15) is 22.9 Å². The second-order valence-electron chi connectivity index (χ2n) is 7.93. The van der Waals surface area contributed by atoms with Crippen LogP contribution in [0, 0.1) is 0 Å². The molecule has 3 rings (SSSR count). The van der Waals surface area contributed by atoms with Gasteiger partial charge in [-0.2, -0.15) is 18.2 Å². The Labute approximate surface area is 197 Å². The first-order valence-corrected chi connectivity index (χ1v) is 11.2. The fourth-order valence-electron chi connectivity index (χ4n) is 2.91. The van der Waals surface area contributed by atoms with Crippen molar-refractivity contribution >= 4 is 23.1 Å². The Morgan fingerprint density at radius 3 is 2.12 bits per heavy atom. The van der Waals surface area contributed by atoms with E-state index in [0.717, 1.165) is 19.0 Å². The standard InChI is InChI=1S/C25H29F3N4O2/c1-5-16(3)33-20-12-10-18(11-13-20)31-24-29-15-22(25(26,27)28)23(32-24)30-19-8-7-9-21(14-19)34-17(4)6-2/h7-17H,5-6H2,1-4H3,(H2,29,30,31,32). The highest BCUT2D eigenvalue weighted by Crippen LogP contribution is 2.36. The lowest BCUT2D eigenvalue weighted by Gasteiger charge is -2.17. The molecule has 0 aliphatic rings. The third-order valence-corrected chi connectivity index (χ3v) is 5.13. The maximum Gasteiger partial charge on any atom is 0.421 e. The molecular formula is C25H29F3N4O2. The molecule has 2 aromatic carbocycles. The maximum absolute atomic E-state index is 13.6. The van der Waals surface area contributed by atoms with Gasteiger partial charge in [-0.15, -0.1) is 0 Å². The molecule has 9 heteroatoms. The van der Waals surface area contributed by atoms with E-state index < -0.39 is 11.7 Å². The van der Waals surface area contributed by atoms with E-state index in [4.69, 9.17) is 9.47 Å². The van der Waals surface area contributed by atoms with Crippen LogP contribution in [-0.4, -0.2) is 22.2 Å². The topological polar surface area (TPSA) is 68.3 Å². The number of halogens is 3. The van der Waals surface area contributed by atoms with Crippen LogP contribution in [0.15, 0.2) is 54.7 Å². The molecule has 0 amide bonds. The number of ether oxygens (including phenoxy) is 2. The summed E-state index contributed by atoms with van der Waals surface area (Å²) in [5.74, 6) is 0.926. The molecule has 0 spiro atoms. The number of alkyl halides is 3. The Morgan fingerprint density at radius 2 is 1.50 bits per heavy atom. The third-order valence-electron chi connectivity index (χ3n) is 5.13. The lowest BCUT2D eigenvalue weighted by molar-refractivity contribution is -0.137. The first kappa shape index (κ1) is 25.1. The Balaban J connectivity index is 1.82. The quantitative estimate of drug-likeness (QED) is 0.320. The fraction of sp³-hybridized carbons (Fsp3) is 0.360. The number of aromatic nitrogens is 2. The number of hydrogen-bond acceptors (Lipinski definition) is 6. The van der Waals surface area contributed by atoms with Gasteiger partial charge < -0.3 is 20.1 Å². The summed E-state index contributed by atoms with van der Waals surface area (Å²) in [6, 6.07) is 13.8. The van der Waals surface area contributed by atoms with Crippen molar-refractivity contribution in [3.8, 4) is 11.5 Å². The summed E-state index contributed by atoms with van der Waals surface area (Å²) in [5, 5.41) is 5.70. The molecule has 0 saturated heterocycles. The van der Waals surface area contributed by atoms with Gasteiger partial charge in [-0.3, -0.25) is 0 Å². The van der Waals surface area contributed by atoms with E-state index in [0.29, 0.717) is 22.9 Å². The van der Waals surface area contributed by atoms with Crippen molar-refractivity contribution in [1.29, 1.82) is 0 Å². The van der Waals surface area contributed by atoms with E-state index in [1.165, 1.54) is 0 Å². The summed E-state index contributed by atoms with van der Waals surface area (Å²) in [7, 11) is 0. The van der Waals surface area contributed by atoms with Crippen LogP contribution in [0.1, 0.15) is 46.1 Å². The Hall–Kier alpha value is -3.49. The second kappa shape index (κ2) is 11.1. The molecule has 1 heterocycles. The highest BCUT2D eigenvalue weighted by molar-refractivity contribution is 5.64. The molecule has 0 aliphatic carbocycles. The fourth-order valence-corrected chi connectivity index (χ4v) is 2.91. The summed E-state index contributed by atoms with van der Waals surface area (Å²) in [6.45, 7) is 7.92. The SMILES string of the molecule is CCC(C)Oc1ccc(Nc2ncc(C(F)(F)F)c(Nc3cccc(OC(C)CC)c3)n2)cc1. The van der Waals surface area contributed by atoms with Crippen molar-refractivity contribution in [2.75, 3.05) is 10.6 Å². The van der Waals surface area contributed by atoms with Crippen LogP contribution in [0.5, 0.6) is 11.5 Å². The van der Waals surface area contributed by atoms with Crippen LogP contribution in [0.4, 0.5) is 36.3 Å². The smallest absolute Gasteiger partial charge is 0.421 e. The largest absolute Gasteiger partial charge is 0.491 e. The molecule has 2 unspecified atom stereocenters. The van der Waals surface area contributed by atoms with Gasteiger partial charge in [0.05, 0.1) is 12.2 Å². The summed E-state index contributed by atoms with van der Waals surface area (Å²) < 4.78 is 52.3. The van der Waals surface area contributed by atoms with Crippen LogP contribution in [0.2, 0.25) is 0 Å². The minimum absolute atomic E-state index is 0.0159. The molecule has 2 atom stereocenters. The number of nitrogens with one attached hydrogen (secondary N) is 2. The van der Waals surface area contributed by atoms with E-state index in [9.17, 15) is 13.2 Å². The van der Waals surface area contributed by atoms with Crippen molar-refractivity contribution in [2.45, 2.75) is 58.9 Å². The van der Waals surface area contributed by atoms with Gasteiger partial charge in [0.15, 0.2) is 0 Å². The van der Waals surface area contributed by atoms with Crippen molar-refractivity contribution in [1.82, 2.24) is 9.97 Å². The number of hydrogen-bond donors (Lipinski definition) is 2. The number of benzene rings is 2. The molecule has 0 bridgehead atoms. The molecule has 6 nitrogen and oxygen atoms in total. The van der Waals surface area contributed by atoms with Crippen LogP contribution in [0.25, 0.3) is 0 Å². The van der Waals surface area contributed by atoms with Gasteiger partial charge in [0, 0.05) is 23.6 Å². The Kier molecular flexibility index (Phi) is 8.20. The predicted molar refractivity (Wildman–Crippen MR) is 127 cm³/mol. The molecule has 3 aromatic rings. The molecule has 1 aromatic heterocycles. The number of nitrogens with zero attached hydrogens (tertiary/aromatic N) is 2. The minimum Gasteiger partial charge on any atom is -0.491 e. The Morgan fingerprint density at radius 1 is 0.853 bits per heavy atom. The first-order valence-electron chi connectivity index (χ1n) is 11.2. The second-order valence-corrected chi connectivity index (χ2v) is 7.93. The number of rotatable bonds is 10. The minimum atomic E-state index is -4.62. The van der Waals surface area contributed by atoms with Crippen molar-refractivity contribution < 1.29 is 22.6 Å². The molecule has 0 saturated carbocycles. The van der Waals surface area contributed by atoms with E-state index >= 15 is 0 Å². The number of anilines is 4. The zero-order valence-electron chi connectivity index (χ0n) is 19.6. The third kappa shape index (κ3) is 7.00. The first-order chi connectivity index (χ1) is 16.2. The molecule has 0 radical (unpaired) electrons. The van der Waals surface area contributed by atoms with Gasteiger partial charge >= 0.3 is 6.18 Å². The monoisotopic (exact) mass is 474 g/mol. The summed E-state index contributed by atoms with van der Waals surface area (Å²) in [6.07, 6.45) is -2.11. The Bertz CT molecular complexity index is 1070. The lowest BCUT2D eigenvalue weighted by atomic mass is 10.2. The van der Waals surface area contributed by atoms with E-state index in [1.54, 1.807) is 48.5 Å². The van der Waals surface area contributed by atoms with Gasteiger partial charge in [-0.05, 0) is 63.1 Å². The van der Waals surface area contributed by atoms with Crippen LogP contribution in [0.3, 0.4) is 0 Å². The average Bonchev–Trinajstić information content (AvgIpc) is 2.80. The zero-order valence-corrected chi connectivity index (χ0v) is 19.6. The van der Waals surface area contributed by atoms with Gasteiger partial charge in [0.25, 0.3) is 0 Å². The van der Waals surface area contributed by atoms with Crippen LogP contribution < -0.4 is 20.1 Å². The highest BCUT2D eigenvalue weighted by atomic mass is 19.4. The van der Waals surface area contributed by atoms with Crippen LogP contribution >= 0.6 is 0 Å². The van der Waals surface area contributed by atoms with E-state index in [-0.39, 0.29) is 24.0 Å². The van der Waals surface area contributed by atoms with Crippen molar-refractivity contribution in [3.63, 3.8) is 0 Å². The highest BCUT2D eigenvalue weighted by Gasteiger charge is 2.35. The maximum atomic E-state index is 13.6. The molecular weight excluding hydrogens is 445 g/mol. The molecule has 34 heavy (non-hydrogen) atoms.